The minimum atomic E-state index is -3.72. The zero-order valence-corrected chi connectivity index (χ0v) is 31.7. The molecule has 8 bridgehead atoms. The van der Waals surface area contributed by atoms with Gasteiger partial charge in [-0.05, 0) is 161 Å². The molecule has 10 rings (SSSR count). The van der Waals surface area contributed by atoms with E-state index in [9.17, 15) is 26.4 Å². The van der Waals surface area contributed by atoms with Gasteiger partial charge in [0.15, 0.2) is 0 Å². The maximum absolute atomic E-state index is 13.2. The average molecular weight is 751 g/mol. The molecule has 0 spiro atoms. The molecule has 10 nitrogen and oxygen atoms in total. The van der Waals surface area contributed by atoms with E-state index >= 15 is 0 Å². The standard InChI is InChI=1S/C40H54N4O6S2/c45-37(39-21-27-15-28(22-39)17-29(16-27)23-39)41-11-1-13-43-51(47,48)35-7-3-33(4-8-35)34-5-9-36(10-6-34)52(49,50)44-14-2-12-42-38(46)40-24-30-18-31(25-40)20-32(19-30)26-40/h3-10,27-32,43-44H,1-2,11-26H2,(H,41,45)(H,42,46). The number of benzene rings is 2. The zero-order chi connectivity index (χ0) is 36.1. The number of sulfonamides is 2. The van der Waals surface area contributed by atoms with Crippen molar-refractivity contribution in [3.05, 3.63) is 48.5 Å². The van der Waals surface area contributed by atoms with Crippen molar-refractivity contribution in [2.24, 2.45) is 46.3 Å². The van der Waals surface area contributed by atoms with E-state index in [1.165, 1.54) is 38.5 Å². The first kappa shape index (κ1) is 36.2. The van der Waals surface area contributed by atoms with Gasteiger partial charge in [-0.1, -0.05) is 24.3 Å². The number of nitrogens with one attached hydrogen (secondary N) is 4. The molecule has 0 atom stereocenters. The summed E-state index contributed by atoms with van der Waals surface area (Å²) < 4.78 is 57.1. The molecule has 0 heterocycles. The molecule has 12 heteroatoms. The minimum Gasteiger partial charge on any atom is -0.356 e. The third-order valence-electron chi connectivity index (χ3n) is 13.6. The molecule has 8 aliphatic rings. The Morgan fingerprint density at radius 3 is 1.06 bits per heavy atom. The third-order valence-corrected chi connectivity index (χ3v) is 16.5. The van der Waals surface area contributed by atoms with Crippen LogP contribution in [0.25, 0.3) is 11.1 Å². The summed E-state index contributed by atoms with van der Waals surface area (Å²) in [5, 5.41) is 6.22. The summed E-state index contributed by atoms with van der Waals surface area (Å²) in [4.78, 5) is 26.6. The summed E-state index contributed by atoms with van der Waals surface area (Å²) in [6.45, 7) is 1.35. The molecular weight excluding hydrogens is 697 g/mol. The van der Waals surface area contributed by atoms with E-state index in [0.717, 1.165) is 49.7 Å². The van der Waals surface area contributed by atoms with Crippen LogP contribution in [0.3, 0.4) is 0 Å². The van der Waals surface area contributed by atoms with Gasteiger partial charge in [-0.2, -0.15) is 0 Å². The van der Waals surface area contributed by atoms with Gasteiger partial charge < -0.3 is 10.6 Å². The zero-order valence-electron chi connectivity index (χ0n) is 30.1. The number of hydrogen-bond acceptors (Lipinski definition) is 6. The Kier molecular flexibility index (Phi) is 9.83. The molecule has 0 aromatic heterocycles. The highest BCUT2D eigenvalue weighted by Gasteiger charge is 2.55. The number of hydrogen-bond donors (Lipinski definition) is 4. The van der Waals surface area contributed by atoms with Crippen molar-refractivity contribution in [3.63, 3.8) is 0 Å². The van der Waals surface area contributed by atoms with E-state index in [0.29, 0.717) is 61.4 Å². The Bertz CT molecular complexity index is 1670. The van der Waals surface area contributed by atoms with Crippen LogP contribution in [0.5, 0.6) is 0 Å². The van der Waals surface area contributed by atoms with Gasteiger partial charge in [0.05, 0.1) is 9.79 Å². The number of amides is 2. The summed E-state index contributed by atoms with van der Waals surface area (Å²) in [5.41, 5.74) is 1.13. The Morgan fingerprint density at radius 1 is 0.481 bits per heavy atom. The van der Waals surface area contributed by atoms with Crippen LogP contribution in [0.4, 0.5) is 0 Å². The molecule has 8 aliphatic carbocycles. The molecule has 2 aromatic carbocycles. The van der Waals surface area contributed by atoms with E-state index in [1.807, 2.05) is 0 Å². The van der Waals surface area contributed by atoms with Gasteiger partial charge in [-0.25, -0.2) is 26.3 Å². The molecule has 0 unspecified atom stereocenters. The smallest absolute Gasteiger partial charge is 0.240 e. The maximum Gasteiger partial charge on any atom is 0.240 e. The SMILES string of the molecule is O=C(NCCCNS(=O)(=O)c1ccc(-c2ccc(S(=O)(=O)NCCCNC(=O)C34CC5CC(CC(C5)C3)C4)cc2)cc1)C12CC3CC(CC(C3)C1)C2. The van der Waals surface area contributed by atoms with Crippen molar-refractivity contribution in [1.29, 1.82) is 0 Å². The van der Waals surface area contributed by atoms with Crippen LogP contribution >= 0.6 is 0 Å². The second-order valence-electron chi connectivity index (χ2n) is 17.5. The fraction of sp³-hybridized carbons (Fsp3) is 0.650. The molecule has 282 valence electrons. The number of carbonyl (C=O) groups excluding carboxylic acids is 2. The van der Waals surface area contributed by atoms with Gasteiger partial charge in [-0.3, -0.25) is 9.59 Å². The van der Waals surface area contributed by atoms with E-state index in [2.05, 4.69) is 20.1 Å². The van der Waals surface area contributed by atoms with E-state index < -0.39 is 20.0 Å². The van der Waals surface area contributed by atoms with Gasteiger partial charge in [-0.15, -0.1) is 0 Å². The lowest BCUT2D eigenvalue weighted by Crippen LogP contribution is -2.53. The summed E-state index contributed by atoms with van der Waals surface area (Å²) in [5.74, 6) is 4.53. The topological polar surface area (TPSA) is 151 Å². The Labute approximate surface area is 309 Å². The van der Waals surface area contributed by atoms with Gasteiger partial charge in [0.25, 0.3) is 0 Å². The van der Waals surface area contributed by atoms with Gasteiger partial charge in [0, 0.05) is 37.0 Å². The molecule has 2 amide bonds. The van der Waals surface area contributed by atoms with Crippen molar-refractivity contribution in [2.45, 2.75) is 99.7 Å². The molecular formula is C40H54N4O6S2. The summed E-state index contributed by atoms with van der Waals surface area (Å²) >= 11 is 0. The van der Waals surface area contributed by atoms with Crippen LogP contribution in [0.2, 0.25) is 0 Å². The van der Waals surface area contributed by atoms with Crippen molar-refractivity contribution in [1.82, 2.24) is 20.1 Å². The molecule has 0 radical (unpaired) electrons. The third kappa shape index (κ3) is 7.33. The lowest BCUT2D eigenvalue weighted by Gasteiger charge is -2.55. The molecule has 0 aliphatic heterocycles. The Morgan fingerprint density at radius 2 is 0.769 bits per heavy atom. The van der Waals surface area contributed by atoms with Crippen LogP contribution in [0.1, 0.15) is 89.9 Å². The van der Waals surface area contributed by atoms with Crippen LogP contribution in [0.15, 0.2) is 58.3 Å². The van der Waals surface area contributed by atoms with E-state index in [1.54, 1.807) is 48.5 Å². The summed E-state index contributed by atoms with van der Waals surface area (Å²) in [7, 11) is -7.45. The highest BCUT2D eigenvalue weighted by molar-refractivity contribution is 7.89. The Balaban J connectivity index is 0.760. The number of rotatable bonds is 15. The normalized spacial score (nSPS) is 32.9. The second kappa shape index (κ2) is 14.1. The monoisotopic (exact) mass is 750 g/mol. The first-order valence-corrected chi connectivity index (χ1v) is 22.6. The van der Waals surface area contributed by atoms with Crippen molar-refractivity contribution < 1.29 is 26.4 Å². The maximum atomic E-state index is 13.2. The minimum absolute atomic E-state index is 0.145. The lowest BCUT2D eigenvalue weighted by atomic mass is 9.49. The van der Waals surface area contributed by atoms with Crippen LogP contribution in [0, 0.1) is 46.3 Å². The quantitative estimate of drug-likeness (QED) is 0.180. The summed E-state index contributed by atoms with van der Waals surface area (Å²) in [6.07, 6.45) is 14.8. The molecule has 0 saturated heterocycles. The highest BCUT2D eigenvalue weighted by Crippen LogP contribution is 2.61. The van der Waals surface area contributed by atoms with Crippen LogP contribution in [-0.2, 0) is 29.6 Å². The highest BCUT2D eigenvalue weighted by atomic mass is 32.2. The average Bonchev–Trinajstić information content (AvgIpc) is 3.10. The van der Waals surface area contributed by atoms with E-state index in [-0.39, 0.29) is 45.5 Å². The van der Waals surface area contributed by atoms with Crippen LogP contribution < -0.4 is 20.1 Å². The Hall–Kier alpha value is -2.80. The molecule has 2 aromatic rings. The van der Waals surface area contributed by atoms with Crippen molar-refractivity contribution >= 4 is 31.9 Å². The van der Waals surface area contributed by atoms with Crippen molar-refractivity contribution in [2.75, 3.05) is 26.2 Å². The molecule has 8 fully saturated rings. The fourth-order valence-corrected chi connectivity index (χ4v) is 14.1. The van der Waals surface area contributed by atoms with Gasteiger partial charge >= 0.3 is 0 Å². The first-order chi connectivity index (χ1) is 24.9. The van der Waals surface area contributed by atoms with E-state index in [4.69, 9.17) is 0 Å². The largest absolute Gasteiger partial charge is 0.356 e. The second-order valence-corrected chi connectivity index (χ2v) is 21.0. The molecule has 8 saturated carbocycles. The molecule has 4 N–H and O–H groups in total. The van der Waals surface area contributed by atoms with Crippen molar-refractivity contribution in [3.8, 4) is 11.1 Å². The van der Waals surface area contributed by atoms with Crippen LogP contribution in [-0.4, -0.2) is 54.8 Å². The molecule has 52 heavy (non-hydrogen) atoms. The fourth-order valence-electron chi connectivity index (χ4n) is 12.0. The predicted octanol–water partition coefficient (Wildman–Crippen LogP) is 5.36. The number of carbonyl (C=O) groups is 2. The summed E-state index contributed by atoms with van der Waals surface area (Å²) in [6, 6.07) is 13.0. The first-order valence-electron chi connectivity index (χ1n) is 19.7. The van der Waals surface area contributed by atoms with Gasteiger partial charge in [0.2, 0.25) is 31.9 Å². The van der Waals surface area contributed by atoms with Gasteiger partial charge in [0.1, 0.15) is 0 Å². The lowest BCUT2D eigenvalue weighted by molar-refractivity contribution is -0.146. The predicted molar refractivity (Wildman–Crippen MR) is 199 cm³/mol.